The molecule has 0 heterocycles. The number of thioether (sulfide) groups is 1. The summed E-state index contributed by atoms with van der Waals surface area (Å²) in [6.07, 6.45) is 0.677. The van der Waals surface area contributed by atoms with E-state index >= 15 is 0 Å². The third-order valence-corrected chi connectivity index (χ3v) is 4.40. The van der Waals surface area contributed by atoms with Crippen LogP contribution in [0.25, 0.3) is 0 Å². The molecule has 19 heavy (non-hydrogen) atoms. The number of ether oxygens (including phenoxy) is 1. The van der Waals surface area contributed by atoms with Crippen LogP contribution in [0.5, 0.6) is 0 Å². The number of methoxy groups -OCH3 is 1. The highest BCUT2D eigenvalue weighted by atomic mass is 32.2. The first kappa shape index (κ1) is 16.0. The number of aliphatic hydroxyl groups is 1. The fraction of sp³-hybridized carbons (Fsp3) is 0.500. The molecule has 0 fully saturated rings. The normalized spacial score (nSPS) is 15.6. The molecule has 1 aromatic rings. The first-order valence-electron chi connectivity index (χ1n) is 6.20. The van der Waals surface area contributed by atoms with Crippen LogP contribution in [0, 0.1) is 0 Å². The van der Waals surface area contributed by atoms with Gasteiger partial charge in [0.25, 0.3) is 0 Å². The number of rotatable bonds is 7. The molecule has 0 amide bonds. The lowest BCUT2D eigenvalue weighted by Crippen LogP contribution is -2.48. The highest BCUT2D eigenvalue weighted by molar-refractivity contribution is 7.99. The molecule has 1 rings (SSSR count). The van der Waals surface area contributed by atoms with Crippen LogP contribution < -0.4 is 5.73 Å². The van der Waals surface area contributed by atoms with Crippen molar-refractivity contribution in [1.29, 1.82) is 0 Å². The largest absolute Gasteiger partial charge is 0.467 e. The van der Waals surface area contributed by atoms with Crippen molar-refractivity contribution < 1.29 is 14.6 Å². The molecule has 0 bridgehead atoms. The lowest BCUT2D eigenvalue weighted by molar-refractivity contribution is -0.146. The molecule has 3 N–H and O–H groups in total. The molecule has 2 atom stereocenters. The van der Waals surface area contributed by atoms with Crippen molar-refractivity contribution in [3.8, 4) is 0 Å². The van der Waals surface area contributed by atoms with Crippen LogP contribution in [0.4, 0.5) is 0 Å². The first-order chi connectivity index (χ1) is 9.04. The van der Waals surface area contributed by atoms with E-state index in [1.165, 1.54) is 7.11 Å². The Bertz CT molecular complexity index is 399. The van der Waals surface area contributed by atoms with Gasteiger partial charge in [-0.2, -0.15) is 11.8 Å². The van der Waals surface area contributed by atoms with Crippen LogP contribution in [0.3, 0.4) is 0 Å². The second-order valence-electron chi connectivity index (χ2n) is 4.46. The minimum absolute atomic E-state index is 0.134. The van der Waals surface area contributed by atoms with Gasteiger partial charge in [-0.3, -0.25) is 0 Å². The molecular weight excluding hydrogens is 262 g/mol. The highest BCUT2D eigenvalue weighted by Crippen LogP contribution is 2.27. The van der Waals surface area contributed by atoms with Gasteiger partial charge >= 0.3 is 5.97 Å². The topological polar surface area (TPSA) is 72.5 Å². The van der Waals surface area contributed by atoms with E-state index in [0.717, 1.165) is 5.56 Å². The maximum Gasteiger partial charge on any atom is 0.331 e. The van der Waals surface area contributed by atoms with Gasteiger partial charge in [-0.15, -0.1) is 0 Å². The van der Waals surface area contributed by atoms with E-state index in [4.69, 9.17) is 15.6 Å². The molecule has 0 aromatic heterocycles. The summed E-state index contributed by atoms with van der Waals surface area (Å²) >= 11 is 1.56. The number of hydrogen-bond donors (Lipinski definition) is 2. The number of carbonyl (C=O) groups excluding carboxylic acids is 1. The minimum atomic E-state index is -1.15. The predicted octanol–water partition coefficient (Wildman–Crippen LogP) is 1.52. The number of carbonyl (C=O) groups is 1. The van der Waals surface area contributed by atoms with Crippen molar-refractivity contribution >= 4 is 17.7 Å². The zero-order chi connectivity index (χ0) is 14.3. The maximum atomic E-state index is 12.0. The van der Waals surface area contributed by atoms with Crippen molar-refractivity contribution in [2.75, 3.05) is 19.5 Å². The molecule has 5 heteroatoms. The number of aliphatic hydroxyl groups excluding tert-OH is 1. The molecule has 0 aliphatic rings. The Morgan fingerprint density at radius 3 is 2.63 bits per heavy atom. The number of nitrogens with two attached hydrogens (primary N) is 1. The average molecular weight is 283 g/mol. The van der Waals surface area contributed by atoms with Crippen molar-refractivity contribution in [3.05, 3.63) is 35.9 Å². The summed E-state index contributed by atoms with van der Waals surface area (Å²) in [5, 5.41) is 9.14. The Morgan fingerprint density at radius 2 is 2.11 bits per heavy atom. The summed E-state index contributed by atoms with van der Waals surface area (Å²) in [7, 11) is 1.34. The average Bonchev–Trinajstić information content (AvgIpc) is 2.45. The van der Waals surface area contributed by atoms with E-state index in [1.807, 2.05) is 37.3 Å². The fourth-order valence-electron chi connectivity index (χ4n) is 1.72. The van der Waals surface area contributed by atoms with Gasteiger partial charge in [0.2, 0.25) is 0 Å². The van der Waals surface area contributed by atoms with E-state index in [-0.39, 0.29) is 11.9 Å². The van der Waals surface area contributed by atoms with Gasteiger partial charge in [-0.1, -0.05) is 37.3 Å². The van der Waals surface area contributed by atoms with Crippen LogP contribution in [0.1, 0.15) is 18.9 Å². The molecule has 1 aromatic carbocycles. The monoisotopic (exact) mass is 283 g/mol. The number of hydrogen-bond acceptors (Lipinski definition) is 5. The molecule has 106 valence electrons. The van der Waals surface area contributed by atoms with Crippen LogP contribution in [-0.2, 0) is 15.1 Å². The Hall–Kier alpha value is -1.04. The molecular formula is C14H21NO3S. The predicted molar refractivity (Wildman–Crippen MR) is 77.9 cm³/mol. The quantitative estimate of drug-likeness (QED) is 0.742. The van der Waals surface area contributed by atoms with Gasteiger partial charge in [0.1, 0.15) is 5.54 Å². The van der Waals surface area contributed by atoms with Gasteiger partial charge < -0.3 is 15.6 Å². The van der Waals surface area contributed by atoms with Gasteiger partial charge in [-0.05, 0) is 12.0 Å². The molecule has 0 aliphatic carbocycles. The fourth-order valence-corrected chi connectivity index (χ4v) is 2.82. The maximum absolute atomic E-state index is 12.0. The third kappa shape index (κ3) is 4.23. The SMILES string of the molecule is COC(=O)C(N)(CSC(C)CCO)c1ccccc1. The van der Waals surface area contributed by atoms with Crippen molar-refractivity contribution in [2.24, 2.45) is 5.73 Å². The summed E-state index contributed by atoms with van der Waals surface area (Å²) in [6.45, 7) is 2.14. The summed E-state index contributed by atoms with van der Waals surface area (Å²) in [4.78, 5) is 12.0. The zero-order valence-corrected chi connectivity index (χ0v) is 12.2. The van der Waals surface area contributed by atoms with Crippen molar-refractivity contribution in [1.82, 2.24) is 0 Å². The summed E-state index contributed by atoms with van der Waals surface area (Å²) in [5.74, 6) is -0.0207. The van der Waals surface area contributed by atoms with E-state index in [1.54, 1.807) is 11.8 Å². The third-order valence-electron chi connectivity index (χ3n) is 2.97. The molecule has 0 saturated carbocycles. The standard InChI is InChI=1S/C14H21NO3S/c1-11(8-9-16)19-10-14(15,13(17)18-2)12-6-4-3-5-7-12/h3-7,11,16H,8-10,15H2,1-2H3. The van der Waals surface area contributed by atoms with Gasteiger partial charge in [-0.25, -0.2) is 4.79 Å². The smallest absolute Gasteiger partial charge is 0.331 e. The molecule has 0 saturated heterocycles. The Balaban J connectivity index is 2.86. The van der Waals surface area contributed by atoms with E-state index < -0.39 is 11.5 Å². The molecule has 0 spiro atoms. The van der Waals surface area contributed by atoms with Gasteiger partial charge in [0.05, 0.1) is 7.11 Å². The summed E-state index contributed by atoms with van der Waals surface area (Å²) in [6, 6.07) is 9.23. The molecule has 2 unspecified atom stereocenters. The van der Waals surface area contributed by atoms with E-state index in [2.05, 4.69) is 0 Å². The van der Waals surface area contributed by atoms with Gasteiger partial charge in [0.15, 0.2) is 0 Å². The molecule has 4 nitrogen and oxygen atoms in total. The highest BCUT2D eigenvalue weighted by Gasteiger charge is 2.37. The number of benzene rings is 1. The Labute approximate surface area is 118 Å². The number of esters is 1. The van der Waals surface area contributed by atoms with E-state index in [9.17, 15) is 4.79 Å². The lowest BCUT2D eigenvalue weighted by Gasteiger charge is -2.27. The van der Waals surface area contributed by atoms with Crippen molar-refractivity contribution in [3.63, 3.8) is 0 Å². The zero-order valence-electron chi connectivity index (χ0n) is 11.3. The lowest BCUT2D eigenvalue weighted by atomic mass is 9.93. The first-order valence-corrected chi connectivity index (χ1v) is 7.24. The second kappa shape index (κ2) is 7.53. The molecule has 0 radical (unpaired) electrons. The van der Waals surface area contributed by atoms with Gasteiger partial charge in [0, 0.05) is 17.6 Å². The summed E-state index contributed by atoms with van der Waals surface area (Å²) in [5.41, 5.74) is 5.85. The molecule has 0 aliphatic heterocycles. The van der Waals surface area contributed by atoms with Crippen LogP contribution >= 0.6 is 11.8 Å². The summed E-state index contributed by atoms with van der Waals surface area (Å²) < 4.78 is 4.84. The van der Waals surface area contributed by atoms with E-state index in [0.29, 0.717) is 12.2 Å². The van der Waals surface area contributed by atoms with Crippen molar-refractivity contribution in [2.45, 2.75) is 24.1 Å². The Kier molecular flexibility index (Phi) is 6.34. The van der Waals surface area contributed by atoms with Crippen LogP contribution in [-0.4, -0.2) is 35.8 Å². The van der Waals surface area contributed by atoms with Crippen LogP contribution in [0.15, 0.2) is 30.3 Å². The van der Waals surface area contributed by atoms with Crippen LogP contribution in [0.2, 0.25) is 0 Å². The second-order valence-corrected chi connectivity index (χ2v) is 5.89. The minimum Gasteiger partial charge on any atom is -0.467 e. The Morgan fingerprint density at radius 1 is 1.47 bits per heavy atom.